The zero-order chi connectivity index (χ0) is 13.0. The maximum Gasteiger partial charge on any atom is 0.321 e. The van der Waals surface area contributed by atoms with E-state index in [-0.39, 0.29) is 5.37 Å². The van der Waals surface area contributed by atoms with Crippen molar-refractivity contribution < 1.29 is 19.4 Å². The summed E-state index contributed by atoms with van der Waals surface area (Å²) >= 11 is 1.55. The van der Waals surface area contributed by atoms with E-state index in [1.165, 1.54) is 0 Å². The smallest absolute Gasteiger partial charge is 0.321 e. The highest BCUT2D eigenvalue weighted by Gasteiger charge is 2.29. The average molecular weight is 269 g/mol. The third kappa shape index (κ3) is 3.08. The Hall–Kier alpha value is -1.40. The molecule has 1 aliphatic heterocycles. The Morgan fingerprint density at radius 2 is 2.22 bits per heavy atom. The SMILES string of the molecule is COc1ccccc1OCC1NC(C(=O)O)CS1. The first-order valence-corrected chi connectivity index (χ1v) is 6.62. The van der Waals surface area contributed by atoms with Crippen molar-refractivity contribution in [3.63, 3.8) is 0 Å². The number of benzene rings is 1. The number of hydrogen-bond acceptors (Lipinski definition) is 5. The Bertz CT molecular complexity index is 426. The Kier molecular flexibility index (Phi) is 4.33. The lowest BCUT2D eigenvalue weighted by atomic mass is 10.3. The van der Waals surface area contributed by atoms with Crippen LogP contribution in [0.5, 0.6) is 11.5 Å². The molecular formula is C12H15NO4S. The van der Waals surface area contributed by atoms with Gasteiger partial charge in [0.2, 0.25) is 0 Å². The van der Waals surface area contributed by atoms with E-state index >= 15 is 0 Å². The van der Waals surface area contributed by atoms with Crippen LogP contribution in [0.3, 0.4) is 0 Å². The first-order valence-electron chi connectivity index (χ1n) is 5.57. The molecule has 18 heavy (non-hydrogen) atoms. The lowest BCUT2D eigenvalue weighted by molar-refractivity contribution is -0.138. The van der Waals surface area contributed by atoms with E-state index in [0.717, 1.165) is 0 Å². The number of thioether (sulfide) groups is 1. The van der Waals surface area contributed by atoms with Gasteiger partial charge in [0.25, 0.3) is 0 Å². The van der Waals surface area contributed by atoms with Gasteiger partial charge in [0.15, 0.2) is 11.5 Å². The minimum absolute atomic E-state index is 0.00369. The first kappa shape index (κ1) is 13.0. The predicted octanol–water partition coefficient (Wildman–Crippen LogP) is 1.19. The monoisotopic (exact) mass is 269 g/mol. The average Bonchev–Trinajstić information content (AvgIpc) is 2.85. The summed E-state index contributed by atoms with van der Waals surface area (Å²) in [5.74, 6) is 1.09. The highest BCUT2D eigenvalue weighted by molar-refractivity contribution is 8.00. The number of methoxy groups -OCH3 is 1. The molecule has 0 saturated carbocycles. The van der Waals surface area contributed by atoms with Crippen LogP contribution in [0.15, 0.2) is 24.3 Å². The van der Waals surface area contributed by atoms with Gasteiger partial charge in [-0.1, -0.05) is 12.1 Å². The molecule has 1 heterocycles. The minimum Gasteiger partial charge on any atom is -0.493 e. The number of para-hydroxylation sites is 2. The number of ether oxygens (including phenoxy) is 2. The molecule has 2 atom stereocenters. The largest absolute Gasteiger partial charge is 0.493 e. The fourth-order valence-electron chi connectivity index (χ4n) is 1.68. The number of nitrogens with one attached hydrogen (secondary N) is 1. The Morgan fingerprint density at radius 1 is 1.50 bits per heavy atom. The second-order valence-corrected chi connectivity index (χ2v) is 5.08. The molecule has 5 nitrogen and oxygen atoms in total. The lowest BCUT2D eigenvalue weighted by Crippen LogP contribution is -2.38. The van der Waals surface area contributed by atoms with Gasteiger partial charge < -0.3 is 14.6 Å². The van der Waals surface area contributed by atoms with E-state index in [2.05, 4.69) is 5.32 Å². The van der Waals surface area contributed by atoms with Crippen LogP contribution in [-0.2, 0) is 4.79 Å². The Labute approximate surface area is 109 Å². The van der Waals surface area contributed by atoms with Gasteiger partial charge in [-0.2, -0.15) is 0 Å². The van der Waals surface area contributed by atoms with Gasteiger partial charge in [0.1, 0.15) is 12.6 Å². The van der Waals surface area contributed by atoms with Crippen molar-refractivity contribution in [2.45, 2.75) is 11.4 Å². The summed E-state index contributed by atoms with van der Waals surface area (Å²) in [6, 6.07) is 6.90. The zero-order valence-corrected chi connectivity index (χ0v) is 10.8. The number of carbonyl (C=O) groups is 1. The van der Waals surface area contributed by atoms with Gasteiger partial charge in [-0.3, -0.25) is 10.1 Å². The van der Waals surface area contributed by atoms with Gasteiger partial charge in [-0.25, -0.2) is 0 Å². The summed E-state index contributed by atoms with van der Waals surface area (Å²) < 4.78 is 10.8. The highest BCUT2D eigenvalue weighted by atomic mass is 32.2. The number of rotatable bonds is 5. The highest BCUT2D eigenvalue weighted by Crippen LogP contribution is 2.27. The molecule has 2 rings (SSSR count). The van der Waals surface area contributed by atoms with Crippen LogP contribution in [0.25, 0.3) is 0 Å². The predicted molar refractivity (Wildman–Crippen MR) is 69.3 cm³/mol. The van der Waals surface area contributed by atoms with Crippen molar-refractivity contribution in [2.75, 3.05) is 19.5 Å². The van der Waals surface area contributed by atoms with Crippen molar-refractivity contribution in [3.8, 4) is 11.5 Å². The van der Waals surface area contributed by atoms with Crippen LogP contribution < -0.4 is 14.8 Å². The number of hydrogen-bond donors (Lipinski definition) is 2. The fraction of sp³-hybridized carbons (Fsp3) is 0.417. The number of carboxylic acids is 1. The van der Waals surface area contributed by atoms with Crippen LogP contribution in [0.2, 0.25) is 0 Å². The number of aliphatic carboxylic acids is 1. The second kappa shape index (κ2) is 5.97. The summed E-state index contributed by atoms with van der Waals surface area (Å²) in [7, 11) is 1.59. The molecule has 0 spiro atoms. The quantitative estimate of drug-likeness (QED) is 0.837. The Balaban J connectivity index is 1.87. The summed E-state index contributed by atoms with van der Waals surface area (Å²) in [6.45, 7) is 0.412. The molecule has 1 saturated heterocycles. The van der Waals surface area contributed by atoms with E-state index in [4.69, 9.17) is 14.6 Å². The third-order valence-corrected chi connectivity index (χ3v) is 3.81. The van der Waals surface area contributed by atoms with Crippen LogP contribution in [0.1, 0.15) is 0 Å². The van der Waals surface area contributed by atoms with Crippen LogP contribution in [0, 0.1) is 0 Å². The maximum atomic E-state index is 10.8. The first-order chi connectivity index (χ1) is 8.70. The molecule has 2 unspecified atom stereocenters. The van der Waals surface area contributed by atoms with E-state index in [1.54, 1.807) is 18.9 Å². The van der Waals surface area contributed by atoms with Crippen molar-refractivity contribution in [3.05, 3.63) is 24.3 Å². The van der Waals surface area contributed by atoms with Gasteiger partial charge in [0.05, 0.1) is 12.5 Å². The summed E-state index contributed by atoms with van der Waals surface area (Å²) in [5, 5.41) is 11.9. The minimum atomic E-state index is -0.817. The van der Waals surface area contributed by atoms with Crippen molar-refractivity contribution in [1.82, 2.24) is 5.32 Å². The van der Waals surface area contributed by atoms with Gasteiger partial charge in [-0.05, 0) is 12.1 Å². The molecule has 0 amide bonds. The molecule has 2 N–H and O–H groups in total. The van der Waals surface area contributed by atoms with Gasteiger partial charge in [0, 0.05) is 5.75 Å². The lowest BCUT2D eigenvalue weighted by Gasteiger charge is -2.14. The molecule has 0 radical (unpaired) electrons. The van der Waals surface area contributed by atoms with E-state index < -0.39 is 12.0 Å². The van der Waals surface area contributed by atoms with Crippen LogP contribution >= 0.6 is 11.8 Å². The van der Waals surface area contributed by atoms with E-state index in [1.807, 2.05) is 24.3 Å². The molecule has 98 valence electrons. The molecular weight excluding hydrogens is 254 g/mol. The van der Waals surface area contributed by atoms with Crippen LogP contribution in [-0.4, -0.2) is 42.0 Å². The van der Waals surface area contributed by atoms with Gasteiger partial charge >= 0.3 is 5.97 Å². The topological polar surface area (TPSA) is 67.8 Å². The normalized spacial score (nSPS) is 22.7. The number of carboxylic acid groups (broad SMARTS) is 1. The summed E-state index contributed by atoms with van der Waals surface area (Å²) in [4.78, 5) is 10.8. The van der Waals surface area contributed by atoms with E-state index in [9.17, 15) is 4.79 Å². The molecule has 1 fully saturated rings. The summed E-state index contributed by atoms with van der Waals surface area (Å²) in [6.07, 6.45) is 0. The third-order valence-electron chi connectivity index (χ3n) is 2.61. The van der Waals surface area contributed by atoms with E-state index in [0.29, 0.717) is 23.9 Å². The Morgan fingerprint density at radius 3 is 2.83 bits per heavy atom. The molecule has 1 aliphatic rings. The zero-order valence-electron chi connectivity index (χ0n) is 9.96. The molecule has 1 aromatic carbocycles. The standard InChI is InChI=1S/C12H15NO4S/c1-16-9-4-2-3-5-10(9)17-6-11-13-8(7-18-11)12(14)15/h2-5,8,11,13H,6-7H2,1H3,(H,14,15). The molecule has 0 bridgehead atoms. The van der Waals surface area contributed by atoms with Crippen molar-refractivity contribution in [1.29, 1.82) is 0 Å². The van der Waals surface area contributed by atoms with Crippen LogP contribution in [0.4, 0.5) is 0 Å². The maximum absolute atomic E-state index is 10.8. The van der Waals surface area contributed by atoms with Crippen molar-refractivity contribution >= 4 is 17.7 Å². The molecule has 0 aliphatic carbocycles. The van der Waals surface area contributed by atoms with Crippen molar-refractivity contribution in [2.24, 2.45) is 0 Å². The second-order valence-electron chi connectivity index (χ2n) is 3.84. The molecule has 0 aromatic heterocycles. The fourth-order valence-corrected chi connectivity index (χ4v) is 2.76. The molecule has 1 aromatic rings. The molecule has 6 heteroatoms. The van der Waals surface area contributed by atoms with Gasteiger partial charge in [-0.15, -0.1) is 11.8 Å². The summed E-state index contributed by atoms with van der Waals surface area (Å²) in [5.41, 5.74) is 0.